The number of ether oxygens (including phenoxy) is 3. The molecule has 0 rings (SSSR count). The summed E-state index contributed by atoms with van der Waals surface area (Å²) >= 11 is 0. The minimum Gasteiger partial charge on any atom is -0.462 e. The smallest absolute Gasteiger partial charge is 0.306 e. The lowest BCUT2D eigenvalue weighted by molar-refractivity contribution is -0.167. The molecule has 0 aliphatic rings. The van der Waals surface area contributed by atoms with Gasteiger partial charge in [0.1, 0.15) is 13.2 Å². The lowest BCUT2D eigenvalue weighted by Gasteiger charge is -2.18. The molecule has 0 fully saturated rings. The molecule has 0 saturated heterocycles. The first-order valence-electron chi connectivity index (χ1n) is 33.6. The summed E-state index contributed by atoms with van der Waals surface area (Å²) in [5, 5.41) is 0. The van der Waals surface area contributed by atoms with Crippen molar-refractivity contribution in [2.45, 2.75) is 284 Å². The molecule has 466 valence electrons. The van der Waals surface area contributed by atoms with Gasteiger partial charge in [-0.2, -0.15) is 0 Å². The molecule has 0 aliphatic carbocycles. The first-order valence-corrected chi connectivity index (χ1v) is 33.6. The maximum Gasteiger partial charge on any atom is 0.306 e. The Morgan fingerprint density at radius 2 is 0.470 bits per heavy atom. The average Bonchev–Trinajstić information content (AvgIpc) is 3.49. The minimum absolute atomic E-state index is 0.106. The van der Waals surface area contributed by atoms with E-state index in [9.17, 15) is 14.4 Å². The molecule has 1 unspecified atom stereocenters. The molecule has 0 aromatic heterocycles. The second-order valence-electron chi connectivity index (χ2n) is 21.6. The van der Waals surface area contributed by atoms with Crippen molar-refractivity contribution < 1.29 is 28.6 Å². The molecule has 0 bridgehead atoms. The number of carbonyl (C=O) groups excluding carboxylic acids is 3. The van der Waals surface area contributed by atoms with Gasteiger partial charge in [0.05, 0.1) is 0 Å². The third-order valence-corrected chi connectivity index (χ3v) is 13.7. The summed E-state index contributed by atoms with van der Waals surface area (Å²) in [6.07, 6.45) is 102. The van der Waals surface area contributed by atoms with Crippen LogP contribution in [0.25, 0.3) is 0 Å². The van der Waals surface area contributed by atoms with E-state index in [0.717, 1.165) is 186 Å². The predicted molar refractivity (Wildman–Crippen MR) is 361 cm³/mol. The normalized spacial score (nSPS) is 13.2. The molecule has 0 amide bonds. The van der Waals surface area contributed by atoms with Crippen molar-refractivity contribution in [1.29, 1.82) is 0 Å². The van der Waals surface area contributed by atoms with Crippen molar-refractivity contribution in [3.63, 3.8) is 0 Å². The molecule has 0 N–H and O–H groups in total. The molecule has 6 nitrogen and oxygen atoms in total. The molecule has 83 heavy (non-hydrogen) atoms. The van der Waals surface area contributed by atoms with E-state index in [1.165, 1.54) is 51.4 Å². The van der Waals surface area contributed by atoms with Crippen molar-refractivity contribution in [3.8, 4) is 0 Å². The first-order chi connectivity index (χ1) is 41.0. The van der Waals surface area contributed by atoms with Gasteiger partial charge in [0, 0.05) is 19.3 Å². The van der Waals surface area contributed by atoms with Crippen molar-refractivity contribution in [3.05, 3.63) is 170 Å². The largest absolute Gasteiger partial charge is 0.462 e. The monoisotopic (exact) mass is 1140 g/mol. The minimum atomic E-state index is -0.815. The maximum atomic E-state index is 12.9. The SMILES string of the molecule is CC/C=C\C/C=C\C/C=C\C/C=C\C/C=C\C/C=C\C/C=C\CCCCCCCC(=O)OCC(COC(=O)CCCCCCC/C=C\CCCCCCCC)OC(=O)CCCCCC/C=C\C/C=C\C/C=C\C/C=C\C/C=C\C/C=C\CC. The molecule has 0 aromatic rings. The van der Waals surface area contributed by atoms with Crippen LogP contribution in [0.3, 0.4) is 0 Å². The van der Waals surface area contributed by atoms with Crippen molar-refractivity contribution >= 4 is 17.9 Å². The molecular weight excluding hydrogens is 1020 g/mol. The fourth-order valence-electron chi connectivity index (χ4n) is 8.71. The Morgan fingerprint density at radius 3 is 0.747 bits per heavy atom. The third-order valence-electron chi connectivity index (χ3n) is 13.7. The van der Waals surface area contributed by atoms with Gasteiger partial charge in [0.25, 0.3) is 0 Å². The maximum absolute atomic E-state index is 12.9. The van der Waals surface area contributed by atoms with Gasteiger partial charge in [0.15, 0.2) is 6.10 Å². The van der Waals surface area contributed by atoms with Crippen LogP contribution in [0.15, 0.2) is 170 Å². The molecule has 0 heterocycles. The highest BCUT2D eigenvalue weighted by Crippen LogP contribution is 2.14. The van der Waals surface area contributed by atoms with E-state index in [2.05, 4.69) is 191 Å². The van der Waals surface area contributed by atoms with Gasteiger partial charge in [-0.3, -0.25) is 14.4 Å². The number of unbranched alkanes of at least 4 members (excludes halogenated alkanes) is 20. The van der Waals surface area contributed by atoms with Crippen LogP contribution in [0, 0.1) is 0 Å². The zero-order valence-corrected chi connectivity index (χ0v) is 53.4. The highest BCUT2D eigenvalue weighted by molar-refractivity contribution is 5.71. The van der Waals surface area contributed by atoms with E-state index in [4.69, 9.17) is 14.2 Å². The number of allylic oxidation sites excluding steroid dienone is 28. The van der Waals surface area contributed by atoms with Gasteiger partial charge in [-0.15, -0.1) is 0 Å². The zero-order chi connectivity index (χ0) is 59.9. The summed E-state index contributed by atoms with van der Waals surface area (Å²) in [6, 6.07) is 0. The number of rotatable bonds is 59. The van der Waals surface area contributed by atoms with Gasteiger partial charge in [0.2, 0.25) is 0 Å². The van der Waals surface area contributed by atoms with E-state index in [0.29, 0.717) is 12.8 Å². The van der Waals surface area contributed by atoms with Gasteiger partial charge in [-0.05, 0) is 154 Å². The number of carbonyl (C=O) groups is 3. The fraction of sp³-hybridized carbons (Fsp3) is 0.597. The van der Waals surface area contributed by atoms with E-state index >= 15 is 0 Å². The van der Waals surface area contributed by atoms with E-state index in [1.54, 1.807) is 0 Å². The summed E-state index contributed by atoms with van der Waals surface area (Å²) < 4.78 is 16.9. The second kappa shape index (κ2) is 69.3. The molecule has 0 aliphatic heterocycles. The van der Waals surface area contributed by atoms with Crippen LogP contribution >= 0.6 is 0 Å². The van der Waals surface area contributed by atoms with E-state index < -0.39 is 6.10 Å². The Morgan fingerprint density at radius 1 is 0.253 bits per heavy atom. The average molecular weight is 1140 g/mol. The van der Waals surface area contributed by atoms with Gasteiger partial charge >= 0.3 is 17.9 Å². The molecule has 0 aromatic carbocycles. The molecule has 0 radical (unpaired) electrons. The van der Waals surface area contributed by atoms with Gasteiger partial charge in [-0.1, -0.05) is 274 Å². The Kier molecular flexibility index (Phi) is 64.9. The summed E-state index contributed by atoms with van der Waals surface area (Å²) in [4.78, 5) is 38.4. The summed E-state index contributed by atoms with van der Waals surface area (Å²) in [5.74, 6) is -0.961. The van der Waals surface area contributed by atoms with Crippen LogP contribution in [0.1, 0.15) is 278 Å². The summed E-state index contributed by atoms with van der Waals surface area (Å²) in [7, 11) is 0. The number of esters is 3. The van der Waals surface area contributed by atoms with Crippen LogP contribution in [0.5, 0.6) is 0 Å². The van der Waals surface area contributed by atoms with Gasteiger partial charge in [-0.25, -0.2) is 0 Å². The highest BCUT2D eigenvalue weighted by atomic mass is 16.6. The second-order valence-corrected chi connectivity index (χ2v) is 21.6. The summed E-state index contributed by atoms with van der Waals surface area (Å²) in [5.41, 5.74) is 0. The highest BCUT2D eigenvalue weighted by Gasteiger charge is 2.19. The molecule has 0 spiro atoms. The Hall–Kier alpha value is -5.23. The summed E-state index contributed by atoms with van der Waals surface area (Å²) in [6.45, 7) is 6.36. The lowest BCUT2D eigenvalue weighted by atomic mass is 10.1. The van der Waals surface area contributed by atoms with E-state index in [-0.39, 0.29) is 37.5 Å². The predicted octanol–water partition coefficient (Wildman–Crippen LogP) is 23.4. The van der Waals surface area contributed by atoms with Crippen LogP contribution in [0.4, 0.5) is 0 Å². The topological polar surface area (TPSA) is 78.9 Å². The van der Waals surface area contributed by atoms with Crippen LogP contribution < -0.4 is 0 Å². The van der Waals surface area contributed by atoms with Crippen molar-refractivity contribution in [2.24, 2.45) is 0 Å². The van der Waals surface area contributed by atoms with Crippen molar-refractivity contribution in [2.75, 3.05) is 13.2 Å². The quantitative estimate of drug-likeness (QED) is 0.0261. The van der Waals surface area contributed by atoms with Crippen LogP contribution in [0.2, 0.25) is 0 Å². The number of hydrogen-bond acceptors (Lipinski definition) is 6. The van der Waals surface area contributed by atoms with E-state index in [1.807, 2.05) is 0 Å². The molecule has 0 saturated carbocycles. The standard InChI is InChI=1S/C77H122O6/c1-4-7-10-13-16-19-22-25-28-30-32-34-36-37-38-39-41-42-44-46-49-52-55-58-61-64-67-70-76(79)82-73-74(72-81-75(78)69-66-63-60-57-54-51-48-27-24-21-18-15-12-9-6-3)83-77(80)71-68-65-62-59-56-53-50-47-45-43-40-35-33-31-29-26-23-20-17-14-11-8-5-2/h7-8,10-11,16-17,19-20,25-29,32-35,37-38,41-43,45-46,48-50,53,74H,4-6,9,12-15,18,21-24,30-31,36,39-40,44,47,51-52,54-73H2,1-3H3/b10-7-,11-8-,19-16-,20-17-,28-25-,29-26-,34-32-,35-33-,38-37-,42-41-,45-43-,48-27-,49-46-,53-50-. The number of hydrogen-bond donors (Lipinski definition) is 0. The van der Waals surface area contributed by atoms with Crippen LogP contribution in [-0.4, -0.2) is 37.2 Å². The van der Waals surface area contributed by atoms with Gasteiger partial charge < -0.3 is 14.2 Å². The van der Waals surface area contributed by atoms with Crippen LogP contribution in [-0.2, 0) is 28.6 Å². The zero-order valence-electron chi connectivity index (χ0n) is 53.4. The van der Waals surface area contributed by atoms with Crippen molar-refractivity contribution in [1.82, 2.24) is 0 Å². The Labute approximate surface area is 511 Å². The third kappa shape index (κ3) is 67.4. The first kappa shape index (κ1) is 77.8. The molecule has 6 heteroatoms. The Bertz CT molecular complexity index is 1890. The lowest BCUT2D eigenvalue weighted by Crippen LogP contribution is -2.30. The Balaban J connectivity index is 4.50. The molecular formula is C77H122O6. The molecule has 1 atom stereocenters. The fourth-order valence-corrected chi connectivity index (χ4v) is 8.71.